The van der Waals surface area contributed by atoms with Crippen molar-refractivity contribution in [3.8, 4) is 0 Å². The first-order chi connectivity index (χ1) is 13.4. The SMILES string of the molecule is CCCCCn1c(=O)n(CC(=O)NC2CCCCC2)c(=O)c2c(C)c(C)sc21. The minimum absolute atomic E-state index is 0.164. The number of carbonyl (C=O) groups excluding carboxylic acids is 1. The zero-order chi connectivity index (χ0) is 20.3. The Bertz CT molecular complexity index is 964. The molecule has 28 heavy (non-hydrogen) atoms. The highest BCUT2D eigenvalue weighted by atomic mass is 32.1. The van der Waals surface area contributed by atoms with Crippen molar-refractivity contribution in [2.24, 2.45) is 0 Å². The van der Waals surface area contributed by atoms with Gasteiger partial charge in [0.1, 0.15) is 11.4 Å². The molecule has 154 valence electrons. The van der Waals surface area contributed by atoms with Gasteiger partial charge in [0.25, 0.3) is 5.56 Å². The molecule has 0 atom stereocenters. The molecular weight excluding hydrogens is 374 g/mol. The molecule has 1 aliphatic rings. The van der Waals surface area contributed by atoms with Crippen LogP contribution in [0.2, 0.25) is 0 Å². The third-order valence-electron chi connectivity index (χ3n) is 5.79. The van der Waals surface area contributed by atoms with E-state index in [1.165, 1.54) is 17.8 Å². The van der Waals surface area contributed by atoms with Crippen LogP contribution in [0.15, 0.2) is 9.59 Å². The number of hydrogen-bond donors (Lipinski definition) is 1. The smallest absolute Gasteiger partial charge is 0.332 e. The predicted octanol–water partition coefficient (Wildman–Crippen LogP) is 3.48. The minimum Gasteiger partial charge on any atom is -0.352 e. The maximum absolute atomic E-state index is 13.1. The van der Waals surface area contributed by atoms with Gasteiger partial charge in [0, 0.05) is 17.5 Å². The van der Waals surface area contributed by atoms with Gasteiger partial charge in [-0.3, -0.25) is 18.7 Å². The number of thiophene rings is 1. The highest BCUT2D eigenvalue weighted by Crippen LogP contribution is 2.27. The summed E-state index contributed by atoms with van der Waals surface area (Å²) in [5.41, 5.74) is 0.205. The van der Waals surface area contributed by atoms with Crippen molar-refractivity contribution in [2.75, 3.05) is 0 Å². The Balaban J connectivity index is 1.96. The van der Waals surface area contributed by atoms with Gasteiger partial charge < -0.3 is 5.32 Å². The molecule has 1 fully saturated rings. The highest BCUT2D eigenvalue weighted by Gasteiger charge is 2.21. The van der Waals surface area contributed by atoms with E-state index in [0.29, 0.717) is 11.9 Å². The molecule has 2 aromatic heterocycles. The fourth-order valence-electron chi connectivity index (χ4n) is 4.03. The van der Waals surface area contributed by atoms with Gasteiger partial charge in [-0.2, -0.15) is 0 Å². The first-order valence-corrected chi connectivity index (χ1v) is 11.3. The lowest BCUT2D eigenvalue weighted by Gasteiger charge is -2.23. The largest absolute Gasteiger partial charge is 0.352 e. The number of aryl methyl sites for hydroxylation is 3. The van der Waals surface area contributed by atoms with E-state index in [0.717, 1.165) is 64.8 Å². The van der Waals surface area contributed by atoms with Crippen molar-refractivity contribution in [1.82, 2.24) is 14.5 Å². The highest BCUT2D eigenvalue weighted by molar-refractivity contribution is 7.18. The fourth-order valence-corrected chi connectivity index (χ4v) is 5.19. The average Bonchev–Trinajstić information content (AvgIpc) is 2.97. The fraction of sp³-hybridized carbons (Fsp3) is 0.667. The normalized spacial score (nSPS) is 15.2. The molecule has 0 unspecified atom stereocenters. The molecule has 2 aromatic rings. The van der Waals surface area contributed by atoms with Crippen LogP contribution >= 0.6 is 11.3 Å². The Labute approximate surface area is 169 Å². The zero-order valence-electron chi connectivity index (χ0n) is 17.2. The lowest BCUT2D eigenvalue weighted by atomic mass is 9.95. The number of nitrogens with zero attached hydrogens (tertiary/aromatic N) is 2. The Morgan fingerprint density at radius 3 is 2.50 bits per heavy atom. The number of nitrogens with one attached hydrogen (secondary N) is 1. The molecule has 2 heterocycles. The van der Waals surface area contributed by atoms with Gasteiger partial charge in [-0.05, 0) is 38.7 Å². The van der Waals surface area contributed by atoms with Gasteiger partial charge in [-0.15, -0.1) is 11.3 Å². The second kappa shape index (κ2) is 9.07. The lowest BCUT2D eigenvalue weighted by Crippen LogP contribution is -2.45. The standard InChI is InChI=1S/C21H31N3O3S/c1-4-5-9-12-23-20-18(14(2)15(3)28-20)19(26)24(21(23)27)13-17(25)22-16-10-7-6-8-11-16/h16H,4-13H2,1-3H3,(H,22,25). The van der Waals surface area contributed by atoms with E-state index < -0.39 is 0 Å². The van der Waals surface area contributed by atoms with Gasteiger partial charge in [0.05, 0.1) is 5.39 Å². The summed E-state index contributed by atoms with van der Waals surface area (Å²) in [7, 11) is 0. The van der Waals surface area contributed by atoms with Crippen LogP contribution in [0.5, 0.6) is 0 Å². The molecule has 0 saturated heterocycles. The molecule has 0 aromatic carbocycles. The van der Waals surface area contributed by atoms with E-state index in [4.69, 9.17) is 0 Å². The number of hydrogen-bond acceptors (Lipinski definition) is 4. The summed E-state index contributed by atoms with van der Waals surface area (Å²) in [5.74, 6) is -0.241. The molecular formula is C21H31N3O3S. The molecule has 1 amide bonds. The van der Waals surface area contributed by atoms with Crippen molar-refractivity contribution in [2.45, 2.75) is 91.3 Å². The van der Waals surface area contributed by atoms with E-state index in [-0.39, 0.29) is 29.7 Å². The van der Waals surface area contributed by atoms with Crippen molar-refractivity contribution in [3.63, 3.8) is 0 Å². The van der Waals surface area contributed by atoms with Crippen LogP contribution in [0, 0.1) is 13.8 Å². The molecule has 0 spiro atoms. The molecule has 6 nitrogen and oxygen atoms in total. The van der Waals surface area contributed by atoms with Crippen LogP contribution in [0.4, 0.5) is 0 Å². The quantitative estimate of drug-likeness (QED) is 0.717. The number of amides is 1. The third kappa shape index (κ3) is 4.24. The van der Waals surface area contributed by atoms with Gasteiger partial charge in [0.15, 0.2) is 0 Å². The molecule has 0 radical (unpaired) electrons. The molecule has 1 saturated carbocycles. The van der Waals surface area contributed by atoms with Crippen LogP contribution in [-0.2, 0) is 17.9 Å². The van der Waals surface area contributed by atoms with Crippen LogP contribution in [0.25, 0.3) is 10.2 Å². The number of rotatable bonds is 7. The maximum Gasteiger partial charge on any atom is 0.332 e. The molecule has 3 rings (SSSR count). The number of aromatic nitrogens is 2. The van der Waals surface area contributed by atoms with Crippen LogP contribution < -0.4 is 16.6 Å². The zero-order valence-corrected chi connectivity index (χ0v) is 18.0. The Morgan fingerprint density at radius 2 is 1.82 bits per heavy atom. The van der Waals surface area contributed by atoms with E-state index in [9.17, 15) is 14.4 Å². The van der Waals surface area contributed by atoms with Gasteiger partial charge in [-0.1, -0.05) is 39.0 Å². The lowest BCUT2D eigenvalue weighted by molar-refractivity contribution is -0.122. The summed E-state index contributed by atoms with van der Waals surface area (Å²) in [6.07, 6.45) is 8.37. The van der Waals surface area contributed by atoms with Crippen LogP contribution in [0.1, 0.15) is 68.7 Å². The Kier molecular flexibility index (Phi) is 6.75. The van der Waals surface area contributed by atoms with E-state index in [1.54, 1.807) is 4.57 Å². The molecule has 1 N–H and O–H groups in total. The number of carbonyl (C=O) groups is 1. The van der Waals surface area contributed by atoms with Crippen LogP contribution in [-0.4, -0.2) is 21.1 Å². The Morgan fingerprint density at radius 1 is 1.11 bits per heavy atom. The number of fused-ring (bicyclic) bond motifs is 1. The predicted molar refractivity (Wildman–Crippen MR) is 114 cm³/mol. The van der Waals surface area contributed by atoms with Crippen molar-refractivity contribution >= 4 is 27.5 Å². The summed E-state index contributed by atoms with van der Waals surface area (Å²) in [5, 5.41) is 3.60. The molecule has 7 heteroatoms. The minimum atomic E-state index is -0.367. The van der Waals surface area contributed by atoms with E-state index in [1.807, 2.05) is 13.8 Å². The topological polar surface area (TPSA) is 73.1 Å². The summed E-state index contributed by atoms with van der Waals surface area (Å²) >= 11 is 1.50. The third-order valence-corrected chi connectivity index (χ3v) is 7.02. The summed E-state index contributed by atoms with van der Waals surface area (Å²) < 4.78 is 2.83. The van der Waals surface area contributed by atoms with Crippen molar-refractivity contribution < 1.29 is 4.79 Å². The summed E-state index contributed by atoms with van der Waals surface area (Å²) in [6.45, 7) is 6.39. The first-order valence-electron chi connectivity index (χ1n) is 10.5. The summed E-state index contributed by atoms with van der Waals surface area (Å²) in [6, 6.07) is 0.164. The van der Waals surface area contributed by atoms with Crippen LogP contribution in [0.3, 0.4) is 0 Å². The van der Waals surface area contributed by atoms with E-state index in [2.05, 4.69) is 12.2 Å². The summed E-state index contributed by atoms with van der Waals surface area (Å²) in [4.78, 5) is 40.5. The van der Waals surface area contributed by atoms with Crippen molar-refractivity contribution in [3.05, 3.63) is 31.3 Å². The van der Waals surface area contributed by atoms with Gasteiger partial charge in [-0.25, -0.2) is 4.79 Å². The van der Waals surface area contributed by atoms with Gasteiger partial charge >= 0.3 is 5.69 Å². The first kappa shape index (κ1) is 20.8. The Hall–Kier alpha value is -1.89. The second-order valence-corrected chi connectivity index (χ2v) is 9.10. The monoisotopic (exact) mass is 405 g/mol. The van der Waals surface area contributed by atoms with Crippen molar-refractivity contribution in [1.29, 1.82) is 0 Å². The molecule has 0 bridgehead atoms. The second-order valence-electron chi connectivity index (χ2n) is 7.90. The maximum atomic E-state index is 13.1. The van der Waals surface area contributed by atoms with Gasteiger partial charge in [0.2, 0.25) is 5.91 Å². The molecule has 1 aliphatic carbocycles. The van der Waals surface area contributed by atoms with E-state index >= 15 is 0 Å². The number of unbranched alkanes of at least 4 members (excludes halogenated alkanes) is 2. The molecule has 0 aliphatic heterocycles. The average molecular weight is 406 g/mol.